The van der Waals surface area contributed by atoms with E-state index in [9.17, 15) is 14.7 Å². The van der Waals surface area contributed by atoms with Gasteiger partial charge in [-0.2, -0.15) is 0 Å². The van der Waals surface area contributed by atoms with Gasteiger partial charge in [-0.3, -0.25) is 9.36 Å². The van der Waals surface area contributed by atoms with Crippen molar-refractivity contribution in [2.24, 2.45) is 5.16 Å². The minimum absolute atomic E-state index is 0.113. The van der Waals surface area contributed by atoms with E-state index in [4.69, 9.17) is 14.6 Å². The van der Waals surface area contributed by atoms with Crippen molar-refractivity contribution in [2.75, 3.05) is 31.2 Å². The lowest BCUT2D eigenvalue weighted by molar-refractivity contribution is -0.0398. The molecule has 11 heteroatoms. The van der Waals surface area contributed by atoms with Crippen molar-refractivity contribution in [3.8, 4) is 5.13 Å². The number of fused-ring (bicyclic) bond motifs is 1. The molecule has 3 aromatic heterocycles. The molecule has 0 radical (unpaired) electrons. The summed E-state index contributed by atoms with van der Waals surface area (Å²) < 4.78 is 7.22. The van der Waals surface area contributed by atoms with Gasteiger partial charge in [0, 0.05) is 24.4 Å². The summed E-state index contributed by atoms with van der Waals surface area (Å²) >= 11 is 1.34. The Morgan fingerprint density at radius 3 is 2.94 bits per heavy atom. The predicted molar refractivity (Wildman–Crippen MR) is 124 cm³/mol. The number of carboxylic acids is 1. The Hall–Kier alpha value is -3.31. The highest BCUT2D eigenvalue weighted by atomic mass is 32.1. The summed E-state index contributed by atoms with van der Waals surface area (Å²) in [6.07, 6.45) is 6.30. The van der Waals surface area contributed by atoms with Crippen LogP contribution in [0, 0.1) is 6.92 Å². The molecule has 10 nitrogen and oxygen atoms in total. The minimum atomic E-state index is -1.28. The van der Waals surface area contributed by atoms with Gasteiger partial charge in [-0.25, -0.2) is 14.8 Å². The first kappa shape index (κ1) is 21.5. The average molecular weight is 470 g/mol. The van der Waals surface area contributed by atoms with Crippen molar-refractivity contribution in [3.05, 3.63) is 45.2 Å². The van der Waals surface area contributed by atoms with Crippen LogP contribution in [0.1, 0.15) is 35.2 Å². The van der Waals surface area contributed by atoms with Gasteiger partial charge in [0.25, 0.3) is 0 Å². The zero-order chi connectivity index (χ0) is 22.9. The Kier molecular flexibility index (Phi) is 5.81. The van der Waals surface area contributed by atoms with Crippen molar-refractivity contribution in [1.82, 2.24) is 14.5 Å². The number of oxime groups is 1. The van der Waals surface area contributed by atoms with Gasteiger partial charge >= 0.3 is 5.97 Å². The third-order valence-electron chi connectivity index (χ3n) is 5.80. The average Bonchev–Trinajstić information content (AvgIpc) is 3.30. The van der Waals surface area contributed by atoms with E-state index >= 15 is 0 Å². The van der Waals surface area contributed by atoms with Crippen LogP contribution in [-0.2, 0) is 9.57 Å². The van der Waals surface area contributed by atoms with Gasteiger partial charge in [0.2, 0.25) is 5.43 Å². The molecule has 0 saturated carbocycles. The maximum Gasteiger partial charge on any atom is 0.341 e. The van der Waals surface area contributed by atoms with Gasteiger partial charge < -0.3 is 19.6 Å². The molecule has 172 valence electrons. The Labute approximate surface area is 193 Å². The van der Waals surface area contributed by atoms with Crippen LogP contribution in [0.3, 0.4) is 0 Å². The molecule has 5 rings (SSSR count). The van der Waals surface area contributed by atoms with Crippen molar-refractivity contribution in [3.63, 3.8) is 0 Å². The molecule has 0 bridgehead atoms. The highest BCUT2D eigenvalue weighted by Gasteiger charge is 2.27. The number of carbonyl (C=O) groups is 1. The van der Waals surface area contributed by atoms with Crippen LogP contribution < -0.4 is 10.3 Å². The van der Waals surface area contributed by atoms with Gasteiger partial charge in [0.1, 0.15) is 18.0 Å². The molecule has 5 heterocycles. The topological polar surface area (TPSA) is 119 Å². The summed E-state index contributed by atoms with van der Waals surface area (Å²) in [5.41, 5.74) is 1.08. The van der Waals surface area contributed by atoms with E-state index in [1.54, 1.807) is 29.1 Å². The molecular weight excluding hydrogens is 446 g/mol. The van der Waals surface area contributed by atoms with Crippen molar-refractivity contribution >= 4 is 39.9 Å². The molecule has 0 aliphatic carbocycles. The molecular formula is C22H23N5O5S. The van der Waals surface area contributed by atoms with Gasteiger partial charge in [-0.05, 0) is 37.8 Å². The smallest absolute Gasteiger partial charge is 0.341 e. The highest BCUT2D eigenvalue weighted by Crippen LogP contribution is 2.26. The molecule has 1 unspecified atom stereocenters. The number of hydrogen-bond donors (Lipinski definition) is 1. The lowest BCUT2D eigenvalue weighted by Crippen LogP contribution is -2.48. The number of aryl methyl sites for hydroxylation is 1. The number of hydrogen-bond acceptors (Lipinski definition) is 9. The third-order valence-corrected chi connectivity index (χ3v) is 6.57. The fourth-order valence-corrected chi connectivity index (χ4v) is 4.65. The van der Waals surface area contributed by atoms with Crippen LogP contribution in [-0.4, -0.2) is 63.7 Å². The standard InChI is InChI=1S/C22H23N5O5S/c1-13-8-17(26-9-14(10-26)25-32-12-15-4-2-3-6-31-15)24-20-18(13)19(28)16(21(29)30)11-27(20)22-23-5-7-33-22/h5,7-8,11,15H,2-4,6,9-10,12H2,1H3,(H,29,30). The van der Waals surface area contributed by atoms with Crippen LogP contribution in [0.4, 0.5) is 5.82 Å². The molecule has 2 aliphatic rings. The molecule has 1 N–H and O–H groups in total. The van der Waals surface area contributed by atoms with Crippen LogP contribution in [0.2, 0.25) is 0 Å². The molecule has 0 amide bonds. The van der Waals surface area contributed by atoms with Crippen LogP contribution in [0.25, 0.3) is 16.2 Å². The fraction of sp³-hybridized carbons (Fsp3) is 0.409. The highest BCUT2D eigenvalue weighted by molar-refractivity contribution is 7.12. The molecule has 2 fully saturated rings. The minimum Gasteiger partial charge on any atom is -0.477 e. The van der Waals surface area contributed by atoms with E-state index in [0.29, 0.717) is 41.9 Å². The number of pyridine rings is 2. The van der Waals surface area contributed by atoms with E-state index in [-0.39, 0.29) is 17.1 Å². The number of aromatic nitrogens is 3. The summed E-state index contributed by atoms with van der Waals surface area (Å²) in [6, 6.07) is 1.80. The van der Waals surface area contributed by atoms with Crippen LogP contribution >= 0.6 is 11.3 Å². The van der Waals surface area contributed by atoms with Crippen LogP contribution in [0.15, 0.2) is 33.8 Å². The van der Waals surface area contributed by atoms with E-state index in [2.05, 4.69) is 10.1 Å². The Balaban J connectivity index is 1.41. The van der Waals surface area contributed by atoms with E-state index in [1.807, 2.05) is 4.90 Å². The van der Waals surface area contributed by atoms with Crippen molar-refractivity contribution in [1.29, 1.82) is 0 Å². The van der Waals surface area contributed by atoms with Crippen molar-refractivity contribution in [2.45, 2.75) is 32.3 Å². The number of carboxylic acid groups (broad SMARTS) is 1. The quantitative estimate of drug-likeness (QED) is 0.547. The van der Waals surface area contributed by atoms with E-state index < -0.39 is 11.4 Å². The molecule has 0 spiro atoms. The number of thiazole rings is 1. The zero-order valence-corrected chi connectivity index (χ0v) is 18.9. The van der Waals surface area contributed by atoms with Crippen molar-refractivity contribution < 1.29 is 19.5 Å². The number of anilines is 1. The molecule has 33 heavy (non-hydrogen) atoms. The maximum atomic E-state index is 12.9. The van der Waals surface area contributed by atoms with E-state index in [1.165, 1.54) is 17.5 Å². The second-order valence-corrected chi connectivity index (χ2v) is 9.03. The molecule has 1 atom stereocenters. The molecule has 3 aromatic rings. The van der Waals surface area contributed by atoms with Gasteiger partial charge in [-0.1, -0.05) is 5.16 Å². The van der Waals surface area contributed by atoms with Gasteiger partial charge in [0.05, 0.1) is 30.3 Å². The summed E-state index contributed by atoms with van der Waals surface area (Å²) in [7, 11) is 0. The molecule has 2 saturated heterocycles. The monoisotopic (exact) mass is 469 g/mol. The third kappa shape index (κ3) is 4.21. The van der Waals surface area contributed by atoms with Gasteiger partial charge in [0.15, 0.2) is 10.8 Å². The lowest BCUT2D eigenvalue weighted by atomic mass is 10.1. The molecule has 2 aliphatic heterocycles. The number of rotatable bonds is 6. The Bertz CT molecular complexity index is 1270. The molecule has 0 aromatic carbocycles. The SMILES string of the molecule is Cc1cc(N2CC(=NOCC3CCCCO3)C2)nc2c1c(=O)c(C(=O)O)cn2-c1nccs1. The zero-order valence-electron chi connectivity index (χ0n) is 18.1. The summed E-state index contributed by atoms with van der Waals surface area (Å²) in [6.45, 7) is 4.17. The number of ether oxygens (including phenoxy) is 1. The number of nitrogens with zero attached hydrogens (tertiary/aromatic N) is 5. The number of aromatic carboxylic acids is 1. The van der Waals surface area contributed by atoms with E-state index in [0.717, 1.165) is 31.6 Å². The Morgan fingerprint density at radius 2 is 2.24 bits per heavy atom. The largest absolute Gasteiger partial charge is 0.477 e. The maximum absolute atomic E-state index is 12.9. The first-order valence-corrected chi connectivity index (χ1v) is 11.6. The summed E-state index contributed by atoms with van der Waals surface area (Å²) in [4.78, 5) is 41.0. The lowest BCUT2D eigenvalue weighted by Gasteiger charge is -2.33. The predicted octanol–water partition coefficient (Wildman–Crippen LogP) is 2.61. The second kappa shape index (κ2) is 8.91. The normalized spacial score (nSPS) is 18.3. The summed E-state index contributed by atoms with van der Waals surface area (Å²) in [5.74, 6) is -0.597. The van der Waals surface area contributed by atoms with Crippen LogP contribution in [0.5, 0.6) is 0 Å². The summed E-state index contributed by atoms with van der Waals surface area (Å²) in [5, 5.41) is 16.3. The fourth-order valence-electron chi connectivity index (χ4n) is 4.04. The first-order valence-electron chi connectivity index (χ1n) is 10.8. The second-order valence-electron chi connectivity index (χ2n) is 8.16. The van der Waals surface area contributed by atoms with Gasteiger partial charge in [-0.15, -0.1) is 11.3 Å². The Morgan fingerprint density at radius 1 is 1.39 bits per heavy atom. The first-order chi connectivity index (χ1) is 16.0.